The predicted octanol–water partition coefficient (Wildman–Crippen LogP) is 4.85. The van der Waals surface area contributed by atoms with Crippen LogP contribution in [0.2, 0.25) is 0 Å². The summed E-state index contributed by atoms with van der Waals surface area (Å²) < 4.78 is 32.3. The molecule has 0 spiro atoms. The van der Waals surface area contributed by atoms with E-state index in [0.717, 1.165) is 11.1 Å². The second-order valence-corrected chi connectivity index (χ2v) is 28.9. The van der Waals surface area contributed by atoms with Crippen LogP contribution in [0.5, 0.6) is 0 Å². The van der Waals surface area contributed by atoms with E-state index >= 15 is 0 Å². The number of aliphatic hydroxyl groups excluding tert-OH is 2. The van der Waals surface area contributed by atoms with Gasteiger partial charge in [0.1, 0.15) is 18.3 Å². The largest absolute Gasteiger partial charge is 0.685 e. The summed E-state index contributed by atoms with van der Waals surface area (Å²) in [5, 5.41) is 46.9. The number of benzene rings is 1. The first kappa shape index (κ1) is 72.5. The van der Waals surface area contributed by atoms with Gasteiger partial charge in [-0.1, -0.05) is 53.6 Å². The Morgan fingerprint density at radius 2 is 1.32 bits per heavy atom. The molecule has 3 unspecified atom stereocenters. The number of carbonyl (C=O) groups excluding carboxylic acids is 7. The molecule has 5 saturated heterocycles. The molecule has 29 heteroatoms. The second kappa shape index (κ2) is 27.2. The molecule has 5 fully saturated rings. The standard InChI is InChI=1S/C62H92N13O14P.Co/c1-29-20-39-40(21-30(29)2)75(28-70-39)57-52(84)53(41(27-76)87-57)89-90(85,86)88-31(3)26-69-49(83)18-19-59(8)37(22-46(66)80)56-62(11)61(10,25-48(68)82)36(14-17-45(65)79)51(74-62)33(5)55-60(9,24-47(67)81)34(12-15-43(63)77)38(71-55)23-42-58(6,7)35(13-16-44(64)78)50(72-42)32(4)54(59)73-56;/h20-21,23,28,31,34-38,41,50-53,56-57,76,84H,12-19,22,24-27H2,1-11H3,(H2,63,77)(H2,64,78)(H2,65,79)(H2,66,80)(H2,67,81)(H2,68,82)(H,69,83)(H,85,86);/q-4;/b42-23-,54-32-,55-33-;/t31-,34-,35-,36-,37+,38?,41-,50?,51-,52-,53-,56-,57+,59-,60+,61+,62+;/m1./s1. The molecule has 7 amide bonds. The molecule has 1 aromatic carbocycles. The minimum atomic E-state index is -5.06. The number of phosphoric ester groups is 1. The van der Waals surface area contributed by atoms with E-state index in [-0.39, 0.29) is 94.0 Å². The van der Waals surface area contributed by atoms with Crippen LogP contribution in [-0.4, -0.2) is 133 Å². The van der Waals surface area contributed by atoms with Gasteiger partial charge < -0.3 is 85.4 Å². The van der Waals surface area contributed by atoms with Gasteiger partial charge in [0.15, 0.2) is 6.23 Å². The Labute approximate surface area is 541 Å². The number of aromatic nitrogens is 2. The van der Waals surface area contributed by atoms with Crippen LogP contribution < -0.4 is 39.7 Å². The summed E-state index contributed by atoms with van der Waals surface area (Å²) >= 11 is 0. The summed E-state index contributed by atoms with van der Waals surface area (Å²) in [6.07, 6.45) is -3.96. The summed E-state index contributed by atoms with van der Waals surface area (Å²) in [7, 11) is -5.06. The summed E-state index contributed by atoms with van der Waals surface area (Å²) in [6.45, 7) is 19.5. The van der Waals surface area contributed by atoms with Gasteiger partial charge in [0.2, 0.25) is 41.4 Å². The van der Waals surface area contributed by atoms with Crippen LogP contribution in [0.25, 0.3) is 32.3 Å². The van der Waals surface area contributed by atoms with Gasteiger partial charge in [0.25, 0.3) is 0 Å². The molecule has 6 aliphatic heterocycles. The number of hydrogen-bond donors (Lipinski definition) is 10. The van der Waals surface area contributed by atoms with Gasteiger partial charge in [-0.3, -0.25) is 42.6 Å². The summed E-state index contributed by atoms with van der Waals surface area (Å²) in [5.41, 5.74) is 36.2. The predicted molar refractivity (Wildman–Crippen MR) is 333 cm³/mol. The molecule has 1 aromatic heterocycles. The van der Waals surface area contributed by atoms with Crippen LogP contribution in [0.15, 0.2) is 52.8 Å². The van der Waals surface area contributed by atoms with E-state index in [9.17, 15) is 53.2 Å². The maximum Gasteiger partial charge on any atom is 0.472 e. The van der Waals surface area contributed by atoms with Gasteiger partial charge in [-0.25, -0.2) is 9.55 Å². The summed E-state index contributed by atoms with van der Waals surface area (Å²) in [6, 6.07) is 0.417. The van der Waals surface area contributed by atoms with E-state index in [4.69, 9.17) is 69.5 Å². The van der Waals surface area contributed by atoms with E-state index in [1.54, 1.807) is 4.57 Å². The van der Waals surface area contributed by atoms with E-state index in [0.29, 0.717) is 39.3 Å². The van der Waals surface area contributed by atoms with E-state index < -0.39 is 161 Å². The third kappa shape index (κ3) is 14.0. The Morgan fingerprint density at radius 1 is 0.747 bits per heavy atom. The molecular formula is C62H92CoN13O14P-4. The van der Waals surface area contributed by atoms with Gasteiger partial charge in [-0.05, 0) is 129 Å². The quantitative estimate of drug-likeness (QED) is 0.0563. The van der Waals surface area contributed by atoms with Gasteiger partial charge in [-0.2, -0.15) is 17.1 Å². The average molecular weight is 1330 g/mol. The second-order valence-electron chi connectivity index (χ2n) is 27.5. The zero-order valence-electron chi connectivity index (χ0n) is 53.8. The molecule has 507 valence electrons. The van der Waals surface area contributed by atoms with E-state index in [2.05, 4.69) is 10.3 Å². The van der Waals surface area contributed by atoms with Crippen molar-refractivity contribution in [2.24, 2.45) is 79.7 Å². The Hall–Kier alpha value is -5.94. The van der Waals surface area contributed by atoms with Crippen molar-refractivity contribution in [1.29, 1.82) is 0 Å². The fourth-order valence-corrected chi connectivity index (χ4v) is 17.3. The fourth-order valence-electron chi connectivity index (χ4n) is 16.1. The average Bonchev–Trinajstić information content (AvgIpc) is 1.53. The normalized spacial score (nSPS) is 36.3. The molecule has 0 saturated carbocycles. The van der Waals surface area contributed by atoms with Gasteiger partial charge in [0, 0.05) is 68.3 Å². The first-order valence-electron chi connectivity index (χ1n) is 30.9. The van der Waals surface area contributed by atoms with Crippen LogP contribution >= 0.6 is 7.82 Å². The van der Waals surface area contributed by atoms with Crippen LogP contribution in [0, 0.1) is 59.2 Å². The SMILES string of the molecule is C/C1=C2/[N-][C@H]([C@H](CC(N)=O)[C@@]2(C)CCC(=O)NC[C@@H](C)OP(=O)(O)O[C@H]2[C@@H](O)[C@@H](n3cnc4cc(C)c(C)cc43)O[C@@H]2CO)[C@]2(C)[N-][C@H](/C(C)=C3\[N-]C(/C=C4\[N-]C1[C@@H](CCC(N)=O)C4(C)C)[C@@H](CCC(N)=O)[C@]3(C)CC(N)=O)[C@@H](CCC(N)=O)[C@]2(C)CC(N)=O.[Co]. The summed E-state index contributed by atoms with van der Waals surface area (Å²) in [4.78, 5) is 109. The van der Waals surface area contributed by atoms with Crippen molar-refractivity contribution in [2.45, 2.75) is 207 Å². The smallest absolute Gasteiger partial charge is 0.472 e. The van der Waals surface area contributed by atoms with Crippen molar-refractivity contribution in [3.05, 3.63) is 85.2 Å². The van der Waals surface area contributed by atoms with Gasteiger partial charge in [-0.15, -0.1) is 34.8 Å². The molecule has 0 aliphatic carbocycles. The fraction of sp³-hybridized carbons (Fsp3) is 0.677. The number of carbonyl (C=O) groups is 7. The Kier molecular flexibility index (Phi) is 21.7. The Balaban J connectivity index is 0.0000118. The van der Waals surface area contributed by atoms with Gasteiger partial charge in [0.05, 0.1) is 30.1 Å². The number of allylic oxidation sites excluding steroid dienone is 3. The molecule has 6 aliphatic rings. The molecule has 1 radical (unpaired) electrons. The number of rotatable bonds is 26. The van der Waals surface area contributed by atoms with E-state index in [1.807, 2.05) is 87.4 Å². The van der Waals surface area contributed by atoms with Gasteiger partial charge >= 0.3 is 7.82 Å². The molecule has 16 N–H and O–H groups in total. The van der Waals surface area contributed by atoms with Crippen LogP contribution in [0.3, 0.4) is 0 Å². The third-order valence-corrected chi connectivity index (χ3v) is 22.3. The summed E-state index contributed by atoms with van der Waals surface area (Å²) in [5.74, 6) is -6.86. The molecule has 2 aromatic rings. The van der Waals surface area contributed by atoms with Crippen molar-refractivity contribution < 1.29 is 83.8 Å². The number of hydrogen-bond acceptors (Lipinski definition) is 14. The number of aliphatic hydroxyl groups is 2. The maximum atomic E-state index is 14.4. The molecule has 8 rings (SSSR count). The first-order chi connectivity index (χ1) is 41.8. The molecule has 18 atom stereocenters. The van der Waals surface area contributed by atoms with Crippen molar-refractivity contribution in [2.75, 3.05) is 13.2 Å². The maximum absolute atomic E-state index is 14.4. The number of nitrogens with two attached hydrogens (primary N) is 6. The van der Waals surface area contributed by atoms with Crippen LogP contribution in [0.4, 0.5) is 0 Å². The number of nitrogens with zero attached hydrogens (tertiary/aromatic N) is 6. The zero-order chi connectivity index (χ0) is 66.7. The number of phosphoric acid groups is 1. The van der Waals surface area contributed by atoms with Crippen LogP contribution in [-0.2, 0) is 68.7 Å². The zero-order valence-corrected chi connectivity index (χ0v) is 55.7. The Morgan fingerprint density at radius 3 is 1.90 bits per heavy atom. The molecule has 7 heterocycles. The van der Waals surface area contributed by atoms with Crippen molar-refractivity contribution in [1.82, 2.24) is 14.9 Å². The molecule has 8 bridgehead atoms. The number of nitrogens with one attached hydrogen (secondary N) is 1. The van der Waals surface area contributed by atoms with E-state index in [1.165, 1.54) is 13.3 Å². The Bertz CT molecular complexity index is 3340. The number of imidazole rings is 1. The minimum Gasteiger partial charge on any atom is -0.685 e. The third-order valence-electron chi connectivity index (χ3n) is 21.2. The first-order valence-corrected chi connectivity index (χ1v) is 32.4. The van der Waals surface area contributed by atoms with Crippen molar-refractivity contribution >= 4 is 60.2 Å². The molecule has 91 heavy (non-hydrogen) atoms. The number of ether oxygens (including phenoxy) is 1. The number of amides is 7. The number of aryl methyl sites for hydroxylation is 2. The topological polar surface area (TPSA) is 467 Å². The molecule has 27 nitrogen and oxygen atoms in total. The monoisotopic (exact) mass is 1330 g/mol. The van der Waals surface area contributed by atoms with Crippen LogP contribution in [0.1, 0.15) is 150 Å². The molecular weight excluding hydrogens is 1240 g/mol. The van der Waals surface area contributed by atoms with Crippen molar-refractivity contribution in [3.63, 3.8) is 0 Å². The number of primary amides is 6. The van der Waals surface area contributed by atoms with Crippen molar-refractivity contribution in [3.8, 4) is 0 Å². The number of fused-ring (bicyclic) bond motifs is 10. The minimum absolute atomic E-state index is 0.